The number of carbonyl (C=O) groups is 1. The summed E-state index contributed by atoms with van der Waals surface area (Å²) in [6.07, 6.45) is 7.12. The van der Waals surface area contributed by atoms with Crippen molar-refractivity contribution in [3.63, 3.8) is 0 Å². The number of aryl methyl sites for hydroxylation is 1. The van der Waals surface area contributed by atoms with Gasteiger partial charge < -0.3 is 25.1 Å². The number of fused-ring (bicyclic) bond motifs is 1. The minimum Gasteiger partial charge on any atom is -0.394 e. The summed E-state index contributed by atoms with van der Waals surface area (Å²) in [4.78, 5) is 23.9. The third-order valence-electron chi connectivity index (χ3n) is 4.43. The third kappa shape index (κ3) is 3.58. The lowest BCUT2D eigenvalue weighted by molar-refractivity contribution is 0.222. The van der Waals surface area contributed by atoms with Gasteiger partial charge in [-0.05, 0) is 30.7 Å². The predicted octanol–water partition coefficient (Wildman–Crippen LogP) is 2.89. The van der Waals surface area contributed by atoms with Crippen LogP contribution in [0.25, 0.3) is 16.9 Å². The summed E-state index contributed by atoms with van der Waals surface area (Å²) in [7, 11) is 0. The molecule has 0 bridgehead atoms. The molecule has 4 rings (SSSR count). The Kier molecular flexibility index (Phi) is 4.77. The van der Waals surface area contributed by atoms with E-state index in [1.165, 1.54) is 0 Å². The number of H-pyrrole nitrogens is 1. The normalized spacial score (nSPS) is 12.1. The molecule has 1 unspecified atom stereocenters. The van der Waals surface area contributed by atoms with Gasteiger partial charge in [0.1, 0.15) is 17.5 Å². The van der Waals surface area contributed by atoms with Gasteiger partial charge >= 0.3 is 6.03 Å². The maximum atomic E-state index is 12.3. The molecule has 2 amide bonds. The van der Waals surface area contributed by atoms with Crippen LogP contribution in [-0.2, 0) is 0 Å². The number of pyridine rings is 1. The molecule has 142 valence electrons. The number of benzene rings is 1. The van der Waals surface area contributed by atoms with Crippen LogP contribution in [0.3, 0.4) is 0 Å². The van der Waals surface area contributed by atoms with Gasteiger partial charge in [0, 0.05) is 36.0 Å². The van der Waals surface area contributed by atoms with E-state index in [1.54, 1.807) is 18.5 Å². The first kappa shape index (κ1) is 17.7. The van der Waals surface area contributed by atoms with Gasteiger partial charge in [0.05, 0.1) is 12.3 Å². The van der Waals surface area contributed by atoms with Gasteiger partial charge in [-0.1, -0.05) is 18.2 Å². The number of hydrogen-bond acceptors (Lipinski definition) is 4. The standard InChI is InChI=1S/C20H20N6O2/c1-13-4-3-9-26-11-16(24-19(13)26)14-5-2-6-15(10-14)23-20(28)25-17(12-27)18-21-7-8-22-18/h2-11,17,27H,12H2,1H3,(H,21,22)(H2,23,25,28). The van der Waals surface area contributed by atoms with Crippen molar-refractivity contribution < 1.29 is 9.90 Å². The molecule has 1 atom stereocenters. The second-order valence-electron chi connectivity index (χ2n) is 6.44. The Morgan fingerprint density at radius 1 is 1.32 bits per heavy atom. The van der Waals surface area contributed by atoms with E-state index in [9.17, 15) is 9.90 Å². The fourth-order valence-corrected chi connectivity index (χ4v) is 3.04. The minimum atomic E-state index is -0.611. The van der Waals surface area contributed by atoms with Crippen molar-refractivity contribution in [3.05, 3.63) is 72.6 Å². The second kappa shape index (κ2) is 7.53. The summed E-state index contributed by atoms with van der Waals surface area (Å²) in [5.41, 5.74) is 4.33. The van der Waals surface area contributed by atoms with Crippen molar-refractivity contribution >= 4 is 17.4 Å². The molecular weight excluding hydrogens is 356 g/mol. The van der Waals surface area contributed by atoms with E-state index < -0.39 is 12.1 Å². The second-order valence-corrected chi connectivity index (χ2v) is 6.44. The maximum Gasteiger partial charge on any atom is 0.319 e. The number of amides is 2. The van der Waals surface area contributed by atoms with Gasteiger partial charge in [0.2, 0.25) is 0 Å². The van der Waals surface area contributed by atoms with Gasteiger partial charge in [-0.2, -0.15) is 0 Å². The van der Waals surface area contributed by atoms with Crippen molar-refractivity contribution in [1.82, 2.24) is 24.7 Å². The molecule has 28 heavy (non-hydrogen) atoms. The Labute approximate surface area is 161 Å². The molecule has 8 nitrogen and oxygen atoms in total. The monoisotopic (exact) mass is 376 g/mol. The highest BCUT2D eigenvalue weighted by Gasteiger charge is 2.16. The van der Waals surface area contributed by atoms with Crippen molar-refractivity contribution in [2.75, 3.05) is 11.9 Å². The molecule has 0 saturated carbocycles. The first-order valence-corrected chi connectivity index (χ1v) is 8.86. The van der Waals surface area contributed by atoms with Crippen LogP contribution in [0.2, 0.25) is 0 Å². The van der Waals surface area contributed by atoms with Crippen LogP contribution in [-0.4, -0.2) is 37.1 Å². The molecular formula is C20H20N6O2. The highest BCUT2D eigenvalue weighted by Crippen LogP contribution is 2.23. The summed E-state index contributed by atoms with van der Waals surface area (Å²) in [5, 5.41) is 15.0. The molecule has 8 heteroatoms. The van der Waals surface area contributed by atoms with E-state index in [-0.39, 0.29) is 6.61 Å². The zero-order chi connectivity index (χ0) is 19.5. The van der Waals surface area contributed by atoms with Crippen molar-refractivity contribution in [1.29, 1.82) is 0 Å². The van der Waals surface area contributed by atoms with Gasteiger partial charge in [0.15, 0.2) is 0 Å². The fourth-order valence-electron chi connectivity index (χ4n) is 3.04. The van der Waals surface area contributed by atoms with Gasteiger partial charge in [-0.25, -0.2) is 14.8 Å². The quantitative estimate of drug-likeness (QED) is 0.429. The first-order valence-electron chi connectivity index (χ1n) is 8.86. The Bertz CT molecular complexity index is 1100. The summed E-state index contributed by atoms with van der Waals surface area (Å²) in [6, 6.07) is 10.4. The zero-order valence-electron chi connectivity index (χ0n) is 15.3. The number of nitrogens with zero attached hydrogens (tertiary/aromatic N) is 3. The van der Waals surface area contributed by atoms with E-state index in [4.69, 9.17) is 0 Å². The number of aliphatic hydroxyl groups excluding tert-OH is 1. The topological polar surface area (TPSA) is 107 Å². The molecule has 0 fully saturated rings. The lowest BCUT2D eigenvalue weighted by atomic mass is 10.1. The zero-order valence-corrected chi connectivity index (χ0v) is 15.3. The minimum absolute atomic E-state index is 0.262. The summed E-state index contributed by atoms with van der Waals surface area (Å²) >= 11 is 0. The van der Waals surface area contributed by atoms with Crippen molar-refractivity contribution in [2.45, 2.75) is 13.0 Å². The van der Waals surface area contributed by atoms with Crippen molar-refractivity contribution in [2.24, 2.45) is 0 Å². The number of hydrogen-bond donors (Lipinski definition) is 4. The van der Waals surface area contributed by atoms with Gasteiger partial charge in [0.25, 0.3) is 0 Å². The SMILES string of the molecule is Cc1cccn2cc(-c3cccc(NC(=O)NC(CO)c4ncc[nH]4)c3)nc12. The fraction of sp³-hybridized carbons (Fsp3) is 0.150. The van der Waals surface area contributed by atoms with Gasteiger partial charge in [-0.15, -0.1) is 0 Å². The van der Waals surface area contributed by atoms with Crippen LogP contribution >= 0.6 is 0 Å². The predicted molar refractivity (Wildman–Crippen MR) is 106 cm³/mol. The Balaban J connectivity index is 1.51. The largest absolute Gasteiger partial charge is 0.394 e. The number of urea groups is 1. The van der Waals surface area contributed by atoms with Crippen LogP contribution in [0.1, 0.15) is 17.4 Å². The van der Waals surface area contributed by atoms with E-state index in [0.717, 1.165) is 22.5 Å². The number of anilines is 1. The average Bonchev–Trinajstić information content (AvgIpc) is 3.37. The molecule has 0 aliphatic rings. The number of aromatic nitrogens is 4. The molecule has 0 aliphatic heterocycles. The van der Waals surface area contributed by atoms with Crippen LogP contribution in [0.5, 0.6) is 0 Å². The molecule has 4 aromatic rings. The number of aliphatic hydroxyl groups is 1. The summed E-state index contributed by atoms with van der Waals surface area (Å²) < 4.78 is 1.98. The number of aromatic amines is 1. The molecule has 0 spiro atoms. The van der Waals surface area contributed by atoms with Gasteiger partial charge in [-0.3, -0.25) is 0 Å². The lowest BCUT2D eigenvalue weighted by Crippen LogP contribution is -2.35. The number of rotatable bonds is 5. The molecule has 4 N–H and O–H groups in total. The summed E-state index contributed by atoms with van der Waals surface area (Å²) in [5.74, 6) is 0.492. The molecule has 3 heterocycles. The Hall–Kier alpha value is -3.65. The highest BCUT2D eigenvalue weighted by molar-refractivity contribution is 5.90. The molecule has 0 radical (unpaired) electrons. The average molecular weight is 376 g/mol. The van der Waals surface area contributed by atoms with Crippen LogP contribution in [0.4, 0.5) is 10.5 Å². The van der Waals surface area contributed by atoms with Crippen molar-refractivity contribution in [3.8, 4) is 11.3 Å². The number of nitrogens with one attached hydrogen (secondary N) is 3. The van der Waals surface area contributed by atoms with Crippen LogP contribution in [0.15, 0.2) is 61.2 Å². The van der Waals surface area contributed by atoms with E-state index >= 15 is 0 Å². The smallest absolute Gasteiger partial charge is 0.319 e. The van der Waals surface area contributed by atoms with E-state index in [0.29, 0.717) is 11.5 Å². The summed E-state index contributed by atoms with van der Waals surface area (Å²) in [6.45, 7) is 1.76. The molecule has 0 aliphatic carbocycles. The third-order valence-corrected chi connectivity index (χ3v) is 4.43. The van der Waals surface area contributed by atoms with E-state index in [2.05, 4.69) is 25.6 Å². The molecule has 0 saturated heterocycles. The van der Waals surface area contributed by atoms with Crippen LogP contribution < -0.4 is 10.6 Å². The van der Waals surface area contributed by atoms with Crippen LogP contribution in [0, 0.1) is 6.92 Å². The molecule has 3 aromatic heterocycles. The molecule has 1 aromatic carbocycles. The highest BCUT2D eigenvalue weighted by atomic mass is 16.3. The lowest BCUT2D eigenvalue weighted by Gasteiger charge is -2.15. The number of carbonyl (C=O) groups excluding carboxylic acids is 1. The Morgan fingerprint density at radius 3 is 2.96 bits per heavy atom. The number of imidazole rings is 2. The maximum absolute atomic E-state index is 12.3. The Morgan fingerprint density at radius 2 is 2.21 bits per heavy atom. The van der Waals surface area contributed by atoms with E-state index in [1.807, 2.05) is 54.0 Å². The first-order chi connectivity index (χ1) is 13.6.